The molecular formula is C6H4B2O2S. The topological polar surface area (TPSA) is 37.3 Å². The van der Waals surface area contributed by atoms with Gasteiger partial charge in [0.2, 0.25) is 0 Å². The summed E-state index contributed by atoms with van der Waals surface area (Å²) in [7, 11) is 10.8. The molecule has 0 aromatic heterocycles. The van der Waals surface area contributed by atoms with Gasteiger partial charge in [-0.1, -0.05) is 12.1 Å². The van der Waals surface area contributed by atoms with E-state index in [-0.39, 0.29) is 4.90 Å². The summed E-state index contributed by atoms with van der Waals surface area (Å²) in [6, 6.07) is 4.34. The molecule has 1 aromatic rings. The van der Waals surface area contributed by atoms with Gasteiger partial charge in [0.15, 0.2) is 11.1 Å². The van der Waals surface area contributed by atoms with Crippen molar-refractivity contribution in [1.82, 2.24) is 0 Å². The highest BCUT2D eigenvalue weighted by Gasteiger charge is 1.99. The van der Waals surface area contributed by atoms with Crippen molar-refractivity contribution in [1.29, 1.82) is 0 Å². The molecule has 0 aliphatic heterocycles. The van der Waals surface area contributed by atoms with Gasteiger partial charge in [0.25, 0.3) is 0 Å². The number of hydrogen-bond acceptors (Lipinski definition) is 1. The zero-order valence-electron chi connectivity index (χ0n) is 5.65. The Kier molecular flexibility index (Phi) is 2.52. The molecule has 1 atom stereocenters. The average molecular weight is 162 g/mol. The van der Waals surface area contributed by atoms with Gasteiger partial charge in [0.05, 0.1) is 4.90 Å². The summed E-state index contributed by atoms with van der Waals surface area (Å²) in [6.45, 7) is 0. The largest absolute Gasteiger partial charge is 0.302 e. The Morgan fingerprint density at radius 1 is 1.27 bits per heavy atom. The van der Waals surface area contributed by atoms with Crippen LogP contribution in [0.15, 0.2) is 23.1 Å². The van der Waals surface area contributed by atoms with Crippen LogP contribution >= 0.6 is 0 Å². The van der Waals surface area contributed by atoms with Crippen molar-refractivity contribution in [2.45, 2.75) is 4.90 Å². The molecule has 0 amide bonds. The van der Waals surface area contributed by atoms with E-state index in [0.717, 1.165) is 0 Å². The fourth-order valence-corrected chi connectivity index (χ4v) is 1.07. The summed E-state index contributed by atoms with van der Waals surface area (Å²) in [4.78, 5) is 0.261. The van der Waals surface area contributed by atoms with Gasteiger partial charge < -0.3 is 4.55 Å². The van der Waals surface area contributed by atoms with Crippen molar-refractivity contribution in [3.05, 3.63) is 18.2 Å². The minimum absolute atomic E-state index is 0.261. The highest BCUT2D eigenvalue weighted by molar-refractivity contribution is 7.79. The third-order valence-electron chi connectivity index (χ3n) is 1.26. The fraction of sp³-hybridized carbons (Fsp3) is 0. The maximum atomic E-state index is 10.5. The molecule has 0 aliphatic rings. The molecule has 1 aromatic carbocycles. The molecular weight excluding hydrogens is 158 g/mol. The van der Waals surface area contributed by atoms with Crippen molar-refractivity contribution < 1.29 is 8.76 Å². The summed E-state index contributed by atoms with van der Waals surface area (Å²) < 4.78 is 19.1. The Hall–Kier alpha value is -0.540. The Morgan fingerprint density at radius 2 is 1.91 bits per heavy atom. The van der Waals surface area contributed by atoms with Crippen LogP contribution in [0.3, 0.4) is 0 Å². The standard InChI is InChI=1S/C6H4B2O2S/c7-5-2-1-4(11(9)10)3-6(5)8/h1-3H,(H,9,10). The van der Waals surface area contributed by atoms with Crippen molar-refractivity contribution in [2.24, 2.45) is 0 Å². The van der Waals surface area contributed by atoms with E-state index >= 15 is 0 Å². The first-order chi connectivity index (χ1) is 5.11. The highest BCUT2D eigenvalue weighted by atomic mass is 32.2. The van der Waals surface area contributed by atoms with Crippen LogP contribution in [0, 0.1) is 0 Å². The van der Waals surface area contributed by atoms with Crippen molar-refractivity contribution in [3.63, 3.8) is 0 Å². The molecule has 4 radical (unpaired) electrons. The second kappa shape index (κ2) is 3.24. The van der Waals surface area contributed by atoms with Gasteiger partial charge in [-0.2, -0.15) is 0 Å². The quantitative estimate of drug-likeness (QED) is 0.418. The van der Waals surface area contributed by atoms with Crippen LogP contribution in [0.2, 0.25) is 0 Å². The highest BCUT2D eigenvalue weighted by Crippen LogP contribution is 1.98. The van der Waals surface area contributed by atoms with E-state index < -0.39 is 11.1 Å². The minimum atomic E-state index is -1.98. The van der Waals surface area contributed by atoms with Gasteiger partial charge in [0, 0.05) is 0 Å². The molecule has 52 valence electrons. The molecule has 2 nitrogen and oxygen atoms in total. The number of benzene rings is 1. The van der Waals surface area contributed by atoms with Crippen molar-refractivity contribution in [2.75, 3.05) is 0 Å². The molecule has 0 fully saturated rings. The van der Waals surface area contributed by atoms with E-state index in [1.165, 1.54) is 18.2 Å². The van der Waals surface area contributed by atoms with E-state index in [2.05, 4.69) is 0 Å². The number of hydrogen-bond donors (Lipinski definition) is 1. The minimum Gasteiger partial charge on any atom is -0.302 e. The van der Waals surface area contributed by atoms with E-state index in [9.17, 15) is 4.21 Å². The number of rotatable bonds is 1. The molecule has 0 saturated heterocycles. The Morgan fingerprint density at radius 3 is 2.36 bits per heavy atom. The Labute approximate surface area is 70.1 Å². The van der Waals surface area contributed by atoms with E-state index in [4.69, 9.17) is 20.2 Å². The van der Waals surface area contributed by atoms with E-state index in [1.54, 1.807) is 0 Å². The van der Waals surface area contributed by atoms with Crippen LogP contribution in [-0.4, -0.2) is 24.5 Å². The van der Waals surface area contributed by atoms with Gasteiger partial charge in [-0.15, -0.1) is 10.9 Å². The van der Waals surface area contributed by atoms with E-state index in [1.807, 2.05) is 0 Å². The van der Waals surface area contributed by atoms with Gasteiger partial charge >= 0.3 is 0 Å². The summed E-state index contributed by atoms with van der Waals surface area (Å²) in [5.41, 5.74) is 0.740. The Balaban J connectivity index is 3.15. The molecule has 11 heavy (non-hydrogen) atoms. The van der Waals surface area contributed by atoms with Crippen LogP contribution in [-0.2, 0) is 11.1 Å². The lowest BCUT2D eigenvalue weighted by Gasteiger charge is -2.00. The molecule has 0 bridgehead atoms. The molecule has 0 spiro atoms. The summed E-state index contributed by atoms with van der Waals surface area (Å²) >= 11 is -1.98. The van der Waals surface area contributed by atoms with Gasteiger partial charge in [-0.25, -0.2) is 4.21 Å². The Bertz CT molecular complexity index is 301. The van der Waals surface area contributed by atoms with Gasteiger partial charge in [-0.05, 0) is 6.07 Å². The summed E-state index contributed by atoms with van der Waals surface area (Å²) in [5.74, 6) is 0. The van der Waals surface area contributed by atoms with E-state index in [0.29, 0.717) is 10.9 Å². The second-order valence-electron chi connectivity index (χ2n) is 2.04. The third-order valence-corrected chi connectivity index (χ3v) is 1.92. The van der Waals surface area contributed by atoms with Crippen molar-refractivity contribution >= 4 is 37.7 Å². The van der Waals surface area contributed by atoms with Crippen LogP contribution in [0.25, 0.3) is 0 Å². The summed E-state index contributed by atoms with van der Waals surface area (Å²) in [6.07, 6.45) is 0. The van der Waals surface area contributed by atoms with Crippen LogP contribution in [0.5, 0.6) is 0 Å². The molecule has 5 heteroatoms. The van der Waals surface area contributed by atoms with Crippen molar-refractivity contribution in [3.8, 4) is 0 Å². The van der Waals surface area contributed by atoms with Gasteiger partial charge in [0.1, 0.15) is 15.7 Å². The normalized spacial score (nSPS) is 12.8. The zero-order valence-corrected chi connectivity index (χ0v) is 6.47. The monoisotopic (exact) mass is 162 g/mol. The lowest BCUT2D eigenvalue weighted by atomic mass is 9.81. The maximum absolute atomic E-state index is 10.5. The predicted octanol–water partition coefficient (Wildman–Crippen LogP) is -1.15. The lowest BCUT2D eigenvalue weighted by Crippen LogP contribution is -2.25. The molecule has 0 aliphatic carbocycles. The van der Waals surface area contributed by atoms with Gasteiger partial charge in [-0.3, -0.25) is 0 Å². The molecule has 1 rings (SSSR count). The molecule has 1 N–H and O–H groups in total. The first-order valence-corrected chi connectivity index (χ1v) is 3.98. The first kappa shape index (κ1) is 8.56. The molecule has 1 unspecified atom stereocenters. The average Bonchev–Trinajstić information content (AvgIpc) is 1.94. The SMILES string of the molecule is [B]c1ccc(S(=O)O)cc1[B]. The maximum Gasteiger partial charge on any atom is 0.186 e. The second-order valence-corrected chi connectivity index (χ2v) is 3.01. The lowest BCUT2D eigenvalue weighted by molar-refractivity contribution is 0.564. The first-order valence-electron chi connectivity index (χ1n) is 2.87. The molecule has 0 saturated carbocycles. The predicted molar refractivity (Wildman–Crippen MR) is 46.3 cm³/mol. The van der Waals surface area contributed by atoms with Crippen LogP contribution in [0.1, 0.15) is 0 Å². The van der Waals surface area contributed by atoms with Crippen LogP contribution in [0.4, 0.5) is 0 Å². The molecule has 0 heterocycles. The smallest absolute Gasteiger partial charge is 0.186 e. The van der Waals surface area contributed by atoms with Crippen LogP contribution < -0.4 is 10.9 Å². The fourth-order valence-electron chi connectivity index (χ4n) is 0.661. The zero-order chi connectivity index (χ0) is 8.43. The third kappa shape index (κ3) is 1.94. The summed E-state index contributed by atoms with van der Waals surface area (Å²) in [5, 5.41) is 0.